The summed E-state index contributed by atoms with van der Waals surface area (Å²) in [5.41, 5.74) is 2.98. The minimum atomic E-state index is -0.473. The zero-order chi connectivity index (χ0) is 22.2. The van der Waals surface area contributed by atoms with Crippen molar-refractivity contribution in [3.05, 3.63) is 84.5 Å². The quantitative estimate of drug-likeness (QED) is 0.569. The summed E-state index contributed by atoms with van der Waals surface area (Å²) < 4.78 is 1.67. The number of rotatable bonds is 8. The van der Waals surface area contributed by atoms with Crippen LogP contribution < -0.4 is 10.6 Å². The van der Waals surface area contributed by atoms with E-state index in [0.717, 1.165) is 16.8 Å². The Bertz CT molecular complexity index is 1050. The molecule has 1 fully saturated rings. The first-order chi connectivity index (χ1) is 15.7. The highest BCUT2D eigenvalue weighted by atomic mass is 16.2. The van der Waals surface area contributed by atoms with Gasteiger partial charge in [0.1, 0.15) is 12.7 Å². The molecule has 3 aromatic rings. The van der Waals surface area contributed by atoms with Crippen LogP contribution in [0.15, 0.2) is 73.3 Å². The molecule has 1 aliphatic rings. The topological polar surface area (TPSA) is 92.2 Å². The molecule has 1 saturated heterocycles. The molecule has 2 amide bonds. The molecule has 0 radical (unpaired) electrons. The Balaban J connectivity index is 1.30. The molecule has 2 heterocycles. The van der Waals surface area contributed by atoms with Crippen LogP contribution in [-0.2, 0) is 16.1 Å². The van der Waals surface area contributed by atoms with Gasteiger partial charge in [-0.2, -0.15) is 5.10 Å². The van der Waals surface area contributed by atoms with Gasteiger partial charge in [0.05, 0.1) is 18.2 Å². The van der Waals surface area contributed by atoms with Crippen LogP contribution in [-0.4, -0.2) is 57.2 Å². The summed E-state index contributed by atoms with van der Waals surface area (Å²) in [6.07, 6.45) is 7.31. The van der Waals surface area contributed by atoms with Crippen molar-refractivity contribution in [1.82, 2.24) is 30.3 Å². The zero-order valence-electron chi connectivity index (χ0n) is 17.7. The van der Waals surface area contributed by atoms with Crippen LogP contribution in [0.4, 0.5) is 0 Å². The summed E-state index contributed by atoms with van der Waals surface area (Å²) in [7, 11) is 0. The van der Waals surface area contributed by atoms with Crippen LogP contribution >= 0.6 is 0 Å². The Morgan fingerprint density at radius 1 is 1.16 bits per heavy atom. The van der Waals surface area contributed by atoms with Crippen molar-refractivity contribution in [3.8, 4) is 5.69 Å². The maximum atomic E-state index is 12.6. The first kappa shape index (κ1) is 21.5. The third-order valence-corrected chi connectivity index (χ3v) is 5.38. The number of nitrogens with zero attached hydrogens (tertiary/aromatic N) is 4. The molecule has 0 bridgehead atoms. The average molecular weight is 431 g/mol. The summed E-state index contributed by atoms with van der Waals surface area (Å²) in [6.45, 7) is 2.32. The van der Waals surface area contributed by atoms with E-state index in [-0.39, 0.29) is 18.2 Å². The summed E-state index contributed by atoms with van der Waals surface area (Å²) in [4.78, 5) is 31.0. The summed E-state index contributed by atoms with van der Waals surface area (Å²) >= 11 is 0. The first-order valence-electron chi connectivity index (χ1n) is 10.6. The maximum Gasteiger partial charge on any atom is 0.237 e. The van der Waals surface area contributed by atoms with E-state index in [1.54, 1.807) is 11.0 Å². The maximum absolute atomic E-state index is 12.6. The molecule has 0 aliphatic carbocycles. The fraction of sp³-hybridized carbons (Fsp3) is 0.250. The van der Waals surface area contributed by atoms with Crippen molar-refractivity contribution in [1.29, 1.82) is 0 Å². The van der Waals surface area contributed by atoms with Gasteiger partial charge in [-0.1, -0.05) is 54.6 Å². The van der Waals surface area contributed by atoms with Gasteiger partial charge in [0, 0.05) is 26.2 Å². The molecule has 8 heteroatoms. The second kappa shape index (κ2) is 10.5. The van der Waals surface area contributed by atoms with Crippen molar-refractivity contribution < 1.29 is 9.59 Å². The highest BCUT2D eigenvalue weighted by Crippen LogP contribution is 2.11. The molecule has 2 N–H and O–H groups in total. The monoisotopic (exact) mass is 430 g/mol. The van der Waals surface area contributed by atoms with Crippen molar-refractivity contribution >= 4 is 17.9 Å². The van der Waals surface area contributed by atoms with E-state index in [1.165, 1.54) is 6.33 Å². The van der Waals surface area contributed by atoms with Crippen LogP contribution in [0.3, 0.4) is 0 Å². The molecule has 4 rings (SSSR count). The van der Waals surface area contributed by atoms with Crippen LogP contribution in [0.5, 0.6) is 0 Å². The van der Waals surface area contributed by atoms with Gasteiger partial charge < -0.3 is 10.6 Å². The predicted octanol–water partition coefficient (Wildman–Crippen LogP) is 1.79. The molecule has 0 saturated carbocycles. The number of piperazine rings is 1. The Hall–Kier alpha value is -3.78. The molecule has 2 aromatic carbocycles. The lowest BCUT2D eigenvalue weighted by Crippen LogP contribution is -2.56. The summed E-state index contributed by atoms with van der Waals surface area (Å²) in [5, 5.41) is 9.89. The van der Waals surface area contributed by atoms with Crippen molar-refractivity contribution in [3.63, 3.8) is 0 Å². The molecule has 8 nitrogen and oxygen atoms in total. The fourth-order valence-electron chi connectivity index (χ4n) is 3.65. The van der Waals surface area contributed by atoms with Crippen molar-refractivity contribution in [2.24, 2.45) is 0 Å². The summed E-state index contributed by atoms with van der Waals surface area (Å²) in [6, 6.07) is 17.3. The van der Waals surface area contributed by atoms with Gasteiger partial charge in [0.2, 0.25) is 11.8 Å². The van der Waals surface area contributed by atoms with E-state index >= 15 is 0 Å². The van der Waals surface area contributed by atoms with E-state index in [0.29, 0.717) is 26.2 Å². The number of aromatic nitrogens is 3. The molecule has 0 spiro atoms. The highest BCUT2D eigenvalue weighted by molar-refractivity contribution is 5.88. The van der Waals surface area contributed by atoms with Crippen LogP contribution in [0, 0.1) is 0 Å². The number of carbonyl (C=O) groups is 2. The number of hydrogen-bond donors (Lipinski definition) is 2. The van der Waals surface area contributed by atoms with E-state index in [4.69, 9.17) is 0 Å². The Kier molecular flexibility index (Phi) is 7.04. The second-order valence-electron chi connectivity index (χ2n) is 7.60. The normalized spacial score (nSPS) is 16.8. The van der Waals surface area contributed by atoms with E-state index in [1.807, 2.05) is 71.6 Å². The number of benzene rings is 2. The largest absolute Gasteiger partial charge is 0.353 e. The second-order valence-corrected chi connectivity index (χ2v) is 7.60. The number of carbonyl (C=O) groups excluding carboxylic acids is 2. The zero-order valence-corrected chi connectivity index (χ0v) is 17.7. The SMILES string of the molecule is O=C(CC1C(=O)NCCN1C/C=C/c1ccccc1)NCc1ccc(-n2cncn2)cc1. The molecule has 164 valence electrons. The van der Waals surface area contributed by atoms with Gasteiger partial charge in [-0.3, -0.25) is 14.5 Å². The molecule has 1 aromatic heterocycles. The average Bonchev–Trinajstić information content (AvgIpc) is 3.36. The number of nitrogens with one attached hydrogen (secondary N) is 2. The Morgan fingerprint density at radius 3 is 2.72 bits per heavy atom. The molecule has 32 heavy (non-hydrogen) atoms. The van der Waals surface area contributed by atoms with Gasteiger partial charge >= 0.3 is 0 Å². The van der Waals surface area contributed by atoms with Gasteiger partial charge in [0.25, 0.3) is 0 Å². The standard InChI is InChI=1S/C24H26N6O2/c31-23(27-16-20-8-10-21(11-9-20)30-18-25-17-28-30)15-22-24(32)26-12-14-29(22)13-4-7-19-5-2-1-3-6-19/h1-11,17-18,22H,12-16H2,(H,26,32)(H,27,31)/b7-4+. The van der Waals surface area contributed by atoms with Gasteiger partial charge in [-0.05, 0) is 23.3 Å². The number of hydrogen-bond acceptors (Lipinski definition) is 5. The Morgan fingerprint density at radius 2 is 1.97 bits per heavy atom. The fourth-order valence-corrected chi connectivity index (χ4v) is 3.65. The number of amides is 2. The lowest BCUT2D eigenvalue weighted by Gasteiger charge is -2.33. The molecular weight excluding hydrogens is 404 g/mol. The minimum Gasteiger partial charge on any atom is -0.353 e. The van der Waals surface area contributed by atoms with Gasteiger partial charge in [-0.15, -0.1) is 0 Å². The predicted molar refractivity (Wildman–Crippen MR) is 122 cm³/mol. The van der Waals surface area contributed by atoms with Crippen LogP contribution in [0.1, 0.15) is 17.5 Å². The Labute approximate surface area is 187 Å². The highest BCUT2D eigenvalue weighted by Gasteiger charge is 2.30. The van der Waals surface area contributed by atoms with Crippen LogP contribution in [0.2, 0.25) is 0 Å². The summed E-state index contributed by atoms with van der Waals surface area (Å²) in [5.74, 6) is -0.249. The third-order valence-electron chi connectivity index (χ3n) is 5.38. The van der Waals surface area contributed by atoms with E-state index in [9.17, 15) is 9.59 Å². The first-order valence-corrected chi connectivity index (χ1v) is 10.6. The molecule has 1 aliphatic heterocycles. The van der Waals surface area contributed by atoms with Gasteiger partial charge in [-0.25, -0.2) is 9.67 Å². The van der Waals surface area contributed by atoms with E-state index in [2.05, 4.69) is 20.7 Å². The lowest BCUT2D eigenvalue weighted by atomic mass is 10.1. The van der Waals surface area contributed by atoms with Crippen LogP contribution in [0.25, 0.3) is 11.8 Å². The van der Waals surface area contributed by atoms with E-state index < -0.39 is 6.04 Å². The van der Waals surface area contributed by atoms with Gasteiger partial charge in [0.15, 0.2) is 0 Å². The van der Waals surface area contributed by atoms with Crippen molar-refractivity contribution in [2.45, 2.75) is 19.0 Å². The molecule has 1 atom stereocenters. The minimum absolute atomic E-state index is 0.100. The third kappa shape index (κ3) is 5.67. The molecular formula is C24H26N6O2. The lowest BCUT2D eigenvalue weighted by molar-refractivity contribution is -0.133. The molecule has 1 unspecified atom stereocenters. The smallest absolute Gasteiger partial charge is 0.237 e. The van der Waals surface area contributed by atoms with Crippen molar-refractivity contribution in [2.75, 3.05) is 19.6 Å².